The summed E-state index contributed by atoms with van der Waals surface area (Å²) in [5.74, 6) is -1.10. The molecule has 0 heterocycles. The van der Waals surface area contributed by atoms with Crippen LogP contribution in [0, 0.1) is 15.5 Å². The second-order valence-corrected chi connectivity index (χ2v) is 9.51. The van der Waals surface area contributed by atoms with Crippen LogP contribution in [-0.2, 0) is 24.0 Å². The van der Waals surface area contributed by atoms with Crippen LogP contribution in [0.5, 0.6) is 5.75 Å². The first-order valence-electron chi connectivity index (χ1n) is 11.0. The molecule has 1 N–H and O–H groups in total. The molecule has 0 spiro atoms. The molecular formula is C24H30N2O8S. The van der Waals surface area contributed by atoms with Crippen molar-refractivity contribution in [1.29, 1.82) is 0 Å². The summed E-state index contributed by atoms with van der Waals surface area (Å²) in [6.45, 7) is 5.90. The average Bonchev–Trinajstić information content (AvgIpc) is 2.83. The topological polar surface area (TPSA) is 134 Å². The summed E-state index contributed by atoms with van der Waals surface area (Å²) >= 11 is 0.910. The highest BCUT2D eigenvalue weighted by Gasteiger charge is 2.34. The number of fused-ring (bicyclic) bond motifs is 1. The first-order valence-corrected chi connectivity index (χ1v) is 12.0. The smallest absolute Gasteiger partial charge is 0.329 e. The van der Waals surface area contributed by atoms with E-state index in [-0.39, 0.29) is 17.5 Å². The lowest BCUT2D eigenvalue weighted by molar-refractivity contribution is -0.760. The van der Waals surface area contributed by atoms with Gasteiger partial charge in [0.15, 0.2) is 5.12 Å². The summed E-state index contributed by atoms with van der Waals surface area (Å²) in [6.07, 6.45) is 0. The van der Waals surface area contributed by atoms with E-state index in [0.29, 0.717) is 0 Å². The van der Waals surface area contributed by atoms with Crippen molar-refractivity contribution in [2.45, 2.75) is 39.7 Å². The molecule has 0 aliphatic heterocycles. The van der Waals surface area contributed by atoms with Crippen molar-refractivity contribution in [3.8, 4) is 5.75 Å². The average molecular weight is 507 g/mol. The molecule has 2 atom stereocenters. The molecule has 2 aromatic carbocycles. The predicted molar refractivity (Wildman–Crippen MR) is 132 cm³/mol. The number of carbonyl (C=O) groups excluding carboxylic acids is 3. The molecule has 35 heavy (non-hydrogen) atoms. The van der Waals surface area contributed by atoms with Crippen molar-refractivity contribution >= 4 is 39.5 Å². The third kappa shape index (κ3) is 7.84. The predicted octanol–water partition coefficient (Wildman–Crippen LogP) is 3.49. The molecule has 0 aliphatic rings. The van der Waals surface area contributed by atoms with Crippen LogP contribution in [0.25, 0.3) is 10.8 Å². The van der Waals surface area contributed by atoms with E-state index >= 15 is 0 Å². The van der Waals surface area contributed by atoms with E-state index in [0.717, 1.165) is 33.8 Å². The molecule has 2 aromatic rings. The van der Waals surface area contributed by atoms with Crippen molar-refractivity contribution in [2.75, 3.05) is 26.1 Å². The van der Waals surface area contributed by atoms with Crippen LogP contribution in [-0.4, -0.2) is 54.2 Å². The number of amides is 1. The van der Waals surface area contributed by atoms with Gasteiger partial charge in [-0.1, -0.05) is 43.0 Å². The van der Waals surface area contributed by atoms with Crippen molar-refractivity contribution in [3.63, 3.8) is 0 Å². The highest BCUT2D eigenvalue weighted by Crippen LogP contribution is 2.28. The second-order valence-electron chi connectivity index (χ2n) is 8.48. The lowest BCUT2D eigenvalue weighted by atomic mass is 9.93. The number of esters is 1. The maximum absolute atomic E-state index is 12.9. The van der Waals surface area contributed by atoms with E-state index in [1.165, 1.54) is 13.8 Å². The van der Waals surface area contributed by atoms with Gasteiger partial charge in [0.05, 0.1) is 25.0 Å². The summed E-state index contributed by atoms with van der Waals surface area (Å²) in [7, 11) is 1.60. The summed E-state index contributed by atoms with van der Waals surface area (Å²) in [5, 5.41) is 13.8. The summed E-state index contributed by atoms with van der Waals surface area (Å²) in [6, 6.07) is 10.3. The number of methoxy groups -OCH3 is 1. The van der Waals surface area contributed by atoms with Gasteiger partial charge in [0.2, 0.25) is 5.91 Å². The number of nitrogens with zero attached hydrogens (tertiary/aromatic N) is 1. The molecule has 10 nitrogen and oxygen atoms in total. The quantitative estimate of drug-likeness (QED) is 0.261. The lowest BCUT2D eigenvalue weighted by Gasteiger charge is -2.25. The van der Waals surface area contributed by atoms with Gasteiger partial charge < -0.3 is 19.6 Å². The van der Waals surface area contributed by atoms with Crippen LogP contribution < -0.4 is 10.1 Å². The first-order chi connectivity index (χ1) is 16.5. The molecule has 0 saturated carbocycles. The Morgan fingerprint density at radius 3 is 2.43 bits per heavy atom. The Balaban J connectivity index is 2.08. The monoisotopic (exact) mass is 506 g/mol. The van der Waals surface area contributed by atoms with Gasteiger partial charge in [0.25, 0.3) is 5.09 Å². The SMILES string of the molecule is CCOC(=O)[C@H](CSC(=O)[C@@H](C)c1ccc2cc(OC)ccc2c1)NC(=O)C(C)(C)CO[N+](=O)[O-]. The van der Waals surface area contributed by atoms with Crippen molar-refractivity contribution < 1.29 is 33.8 Å². The zero-order valence-electron chi connectivity index (χ0n) is 20.4. The Labute approximate surface area is 207 Å². The Hall–Kier alpha value is -3.34. The van der Waals surface area contributed by atoms with E-state index in [4.69, 9.17) is 9.47 Å². The van der Waals surface area contributed by atoms with Gasteiger partial charge in [-0.15, -0.1) is 10.1 Å². The fourth-order valence-electron chi connectivity index (χ4n) is 3.11. The maximum Gasteiger partial charge on any atom is 0.329 e. The third-order valence-electron chi connectivity index (χ3n) is 5.34. The van der Waals surface area contributed by atoms with Crippen LogP contribution in [0.15, 0.2) is 36.4 Å². The number of rotatable bonds is 12. The molecule has 11 heteroatoms. The minimum absolute atomic E-state index is 0.0509. The van der Waals surface area contributed by atoms with E-state index in [9.17, 15) is 24.5 Å². The van der Waals surface area contributed by atoms with E-state index < -0.39 is 40.9 Å². The fourth-order valence-corrected chi connectivity index (χ4v) is 4.05. The molecular weight excluding hydrogens is 476 g/mol. The zero-order valence-corrected chi connectivity index (χ0v) is 21.2. The van der Waals surface area contributed by atoms with Gasteiger partial charge in [-0.3, -0.25) is 9.59 Å². The highest BCUT2D eigenvalue weighted by atomic mass is 32.2. The van der Waals surface area contributed by atoms with Crippen molar-refractivity contribution in [1.82, 2.24) is 5.32 Å². The molecule has 2 rings (SSSR count). The zero-order chi connectivity index (χ0) is 26.2. The van der Waals surface area contributed by atoms with E-state index in [1.807, 2.05) is 36.4 Å². The van der Waals surface area contributed by atoms with Gasteiger partial charge >= 0.3 is 5.97 Å². The highest BCUT2D eigenvalue weighted by molar-refractivity contribution is 8.13. The summed E-state index contributed by atoms with van der Waals surface area (Å²) in [5.41, 5.74) is -0.469. The Kier molecular flexibility index (Phi) is 9.88. The van der Waals surface area contributed by atoms with E-state index in [2.05, 4.69) is 10.2 Å². The largest absolute Gasteiger partial charge is 0.497 e. The minimum Gasteiger partial charge on any atom is -0.497 e. The lowest BCUT2D eigenvalue weighted by Crippen LogP contribution is -2.50. The first kappa shape index (κ1) is 27.9. The molecule has 0 bridgehead atoms. The molecule has 190 valence electrons. The van der Waals surface area contributed by atoms with Crippen LogP contribution in [0.3, 0.4) is 0 Å². The fraction of sp³-hybridized carbons (Fsp3) is 0.458. The normalized spacial score (nSPS) is 12.9. The van der Waals surface area contributed by atoms with E-state index in [1.54, 1.807) is 21.0 Å². The van der Waals surface area contributed by atoms with Gasteiger partial charge in [-0.25, -0.2) is 4.79 Å². The Morgan fingerprint density at radius 1 is 1.14 bits per heavy atom. The number of hydrogen-bond acceptors (Lipinski definition) is 9. The molecule has 0 aromatic heterocycles. The van der Waals surface area contributed by atoms with Gasteiger partial charge in [-0.05, 0) is 49.2 Å². The minimum atomic E-state index is -1.28. The van der Waals surface area contributed by atoms with Crippen LogP contribution in [0.4, 0.5) is 0 Å². The van der Waals surface area contributed by atoms with Gasteiger partial charge in [0, 0.05) is 5.75 Å². The van der Waals surface area contributed by atoms with Crippen LogP contribution in [0.1, 0.15) is 39.2 Å². The molecule has 0 unspecified atom stereocenters. The van der Waals surface area contributed by atoms with Crippen molar-refractivity contribution in [3.05, 3.63) is 52.1 Å². The van der Waals surface area contributed by atoms with Gasteiger partial charge in [-0.2, -0.15) is 0 Å². The third-order valence-corrected chi connectivity index (χ3v) is 6.48. The number of thioether (sulfide) groups is 1. The molecule has 0 fully saturated rings. The Bertz CT molecular complexity index is 1090. The molecule has 0 aliphatic carbocycles. The van der Waals surface area contributed by atoms with Crippen LogP contribution >= 0.6 is 11.8 Å². The summed E-state index contributed by atoms with van der Waals surface area (Å²) in [4.78, 5) is 52.8. The number of carbonyl (C=O) groups is 3. The molecule has 1 amide bonds. The van der Waals surface area contributed by atoms with Gasteiger partial charge in [0.1, 0.15) is 18.4 Å². The second kappa shape index (κ2) is 12.4. The number of ether oxygens (including phenoxy) is 2. The number of benzene rings is 2. The standard InChI is InChI=1S/C24H30N2O8S/c1-6-33-21(27)20(25-23(29)24(3,4)14-34-26(30)31)13-35-22(28)15(2)16-7-8-18-12-19(32-5)10-9-17(18)11-16/h7-12,15,20H,6,13-14H2,1-5H3,(H,25,29)/t15-,20-/m0/s1. The number of hydrogen-bond donors (Lipinski definition) is 1. The summed E-state index contributed by atoms with van der Waals surface area (Å²) < 4.78 is 10.3. The van der Waals surface area contributed by atoms with Crippen LogP contribution in [0.2, 0.25) is 0 Å². The Morgan fingerprint density at radius 2 is 1.80 bits per heavy atom. The maximum atomic E-state index is 12.9. The number of nitrogens with one attached hydrogen (secondary N) is 1. The molecule has 0 saturated heterocycles. The van der Waals surface area contributed by atoms with Crippen molar-refractivity contribution in [2.24, 2.45) is 5.41 Å². The molecule has 0 radical (unpaired) electrons.